The molecule has 8 nitrogen and oxygen atoms in total. The van der Waals surface area contributed by atoms with Crippen LogP contribution in [0.3, 0.4) is 0 Å². The van der Waals surface area contributed by atoms with Crippen molar-refractivity contribution >= 4 is 5.97 Å². The number of rotatable bonds is 11. The van der Waals surface area contributed by atoms with Gasteiger partial charge in [0.05, 0.1) is 26.4 Å². The zero-order valence-corrected chi connectivity index (χ0v) is 17.9. The van der Waals surface area contributed by atoms with E-state index in [9.17, 15) is 14.9 Å². The van der Waals surface area contributed by atoms with E-state index in [2.05, 4.69) is 0 Å². The lowest BCUT2D eigenvalue weighted by Crippen LogP contribution is -2.49. The molecule has 3 rings (SSSR count). The molecule has 0 bridgehead atoms. The van der Waals surface area contributed by atoms with Crippen molar-refractivity contribution in [3.63, 3.8) is 0 Å². The third-order valence-corrected chi connectivity index (χ3v) is 4.93. The molecule has 170 valence electrons. The van der Waals surface area contributed by atoms with Crippen molar-refractivity contribution in [1.82, 2.24) is 0 Å². The summed E-state index contributed by atoms with van der Waals surface area (Å²) in [4.78, 5) is 23.0. The monoisotopic (exact) mass is 441 g/mol. The smallest absolute Gasteiger partial charge is 0.384 e. The van der Waals surface area contributed by atoms with Crippen LogP contribution in [0.1, 0.15) is 18.1 Å². The van der Waals surface area contributed by atoms with Crippen LogP contribution < -0.4 is 0 Å². The molecule has 1 aliphatic heterocycles. The number of hydrogen-bond acceptors (Lipinski definition) is 7. The number of esters is 1. The SMILES string of the molecule is CCOC(=O)C([C@@H]1C=C[C@H](OCc2ccccc2)[C@@H](COCc2ccccc2)O1)[N+](=O)[O-]. The third kappa shape index (κ3) is 6.71. The zero-order valence-electron chi connectivity index (χ0n) is 17.9. The Labute approximate surface area is 186 Å². The van der Waals surface area contributed by atoms with E-state index in [4.69, 9.17) is 18.9 Å². The van der Waals surface area contributed by atoms with E-state index >= 15 is 0 Å². The number of carbonyl (C=O) groups excluding carboxylic acids is 1. The Hall–Kier alpha value is -3.07. The molecular formula is C24H27NO7. The molecule has 1 heterocycles. The highest BCUT2D eigenvalue weighted by molar-refractivity contribution is 5.75. The fourth-order valence-corrected chi connectivity index (χ4v) is 3.35. The van der Waals surface area contributed by atoms with E-state index in [0.717, 1.165) is 11.1 Å². The van der Waals surface area contributed by atoms with Crippen molar-refractivity contribution in [3.8, 4) is 0 Å². The molecule has 2 aromatic carbocycles. The Kier molecular flexibility index (Phi) is 8.91. The first-order valence-corrected chi connectivity index (χ1v) is 10.5. The van der Waals surface area contributed by atoms with Crippen LogP contribution in [0.2, 0.25) is 0 Å². The van der Waals surface area contributed by atoms with E-state index in [1.807, 2.05) is 60.7 Å². The van der Waals surface area contributed by atoms with E-state index in [0.29, 0.717) is 13.2 Å². The van der Waals surface area contributed by atoms with Crippen molar-refractivity contribution in [2.24, 2.45) is 0 Å². The van der Waals surface area contributed by atoms with Gasteiger partial charge in [0.15, 0.2) is 6.10 Å². The summed E-state index contributed by atoms with van der Waals surface area (Å²) in [5.74, 6) is -0.931. The highest BCUT2D eigenvalue weighted by Gasteiger charge is 2.44. The molecule has 0 radical (unpaired) electrons. The molecule has 1 unspecified atom stereocenters. The number of nitrogens with zero attached hydrogens (tertiary/aromatic N) is 1. The normalized spacial score (nSPS) is 21.1. The van der Waals surface area contributed by atoms with E-state index in [1.54, 1.807) is 13.0 Å². The highest BCUT2D eigenvalue weighted by Crippen LogP contribution is 2.22. The Morgan fingerprint density at radius 1 is 1.03 bits per heavy atom. The lowest BCUT2D eigenvalue weighted by molar-refractivity contribution is -0.521. The average molecular weight is 441 g/mol. The van der Waals surface area contributed by atoms with Crippen LogP contribution >= 0.6 is 0 Å². The summed E-state index contributed by atoms with van der Waals surface area (Å²) in [5.41, 5.74) is 1.98. The molecule has 4 atom stereocenters. The molecule has 0 aliphatic carbocycles. The van der Waals surface area contributed by atoms with Crippen LogP contribution in [0.5, 0.6) is 0 Å². The summed E-state index contributed by atoms with van der Waals surface area (Å²) in [6.45, 7) is 2.49. The number of carbonyl (C=O) groups is 1. The molecule has 2 aromatic rings. The minimum absolute atomic E-state index is 0.0477. The van der Waals surface area contributed by atoms with Crippen molar-refractivity contribution in [2.45, 2.75) is 44.5 Å². The standard InChI is InChI=1S/C24H27NO7/c1-2-30-24(26)23(25(27)28)21-14-13-20(31-16-19-11-7-4-8-12-19)22(32-21)17-29-15-18-9-5-3-6-10-18/h3-14,20-23H,2,15-17H2,1H3/t20-,21-,22+,23?/m0/s1. The fourth-order valence-electron chi connectivity index (χ4n) is 3.35. The second-order valence-electron chi connectivity index (χ2n) is 7.27. The van der Waals surface area contributed by atoms with E-state index < -0.39 is 35.2 Å². The predicted octanol–water partition coefficient (Wildman–Crippen LogP) is 3.32. The number of benzene rings is 2. The molecular weight excluding hydrogens is 414 g/mol. The Morgan fingerprint density at radius 2 is 1.66 bits per heavy atom. The van der Waals surface area contributed by atoms with Crippen molar-refractivity contribution in [2.75, 3.05) is 13.2 Å². The van der Waals surface area contributed by atoms with Gasteiger partial charge in [-0.25, -0.2) is 4.79 Å². The number of nitro groups is 1. The Morgan fingerprint density at radius 3 is 2.25 bits per heavy atom. The van der Waals surface area contributed by atoms with Gasteiger partial charge >= 0.3 is 12.0 Å². The van der Waals surface area contributed by atoms with Gasteiger partial charge in [-0.2, -0.15) is 0 Å². The zero-order chi connectivity index (χ0) is 22.8. The lowest BCUT2D eigenvalue weighted by Gasteiger charge is -2.32. The Bertz CT molecular complexity index is 888. The molecule has 0 fully saturated rings. The first kappa shape index (κ1) is 23.6. The topological polar surface area (TPSA) is 97.1 Å². The first-order chi connectivity index (χ1) is 15.6. The first-order valence-electron chi connectivity index (χ1n) is 10.5. The van der Waals surface area contributed by atoms with Crippen LogP contribution in [0.4, 0.5) is 0 Å². The van der Waals surface area contributed by atoms with Crippen LogP contribution in [0, 0.1) is 10.1 Å². The summed E-state index contributed by atoms with van der Waals surface area (Å²) in [7, 11) is 0. The second kappa shape index (κ2) is 12.1. The minimum atomic E-state index is -1.65. The molecule has 0 saturated heterocycles. The summed E-state index contributed by atoms with van der Waals surface area (Å²) in [5, 5.41) is 11.5. The lowest BCUT2D eigenvalue weighted by atomic mass is 10.0. The van der Waals surface area contributed by atoms with Gasteiger partial charge in [0.2, 0.25) is 0 Å². The van der Waals surface area contributed by atoms with Gasteiger partial charge in [-0.15, -0.1) is 0 Å². The van der Waals surface area contributed by atoms with Gasteiger partial charge in [0.25, 0.3) is 0 Å². The second-order valence-corrected chi connectivity index (χ2v) is 7.27. The molecule has 0 amide bonds. The number of hydrogen-bond donors (Lipinski definition) is 0. The molecule has 32 heavy (non-hydrogen) atoms. The fraction of sp³-hybridized carbons (Fsp3) is 0.375. The Balaban J connectivity index is 1.70. The molecule has 8 heteroatoms. The van der Waals surface area contributed by atoms with Crippen molar-refractivity contribution in [3.05, 3.63) is 94.1 Å². The maximum atomic E-state index is 12.1. The van der Waals surface area contributed by atoms with Gasteiger partial charge in [-0.05, 0) is 24.1 Å². The maximum absolute atomic E-state index is 12.1. The van der Waals surface area contributed by atoms with Crippen LogP contribution in [-0.2, 0) is 37.0 Å². The van der Waals surface area contributed by atoms with Crippen LogP contribution in [0.25, 0.3) is 0 Å². The van der Waals surface area contributed by atoms with Gasteiger partial charge < -0.3 is 18.9 Å². The number of ether oxygens (including phenoxy) is 4. The minimum Gasteiger partial charge on any atom is -0.461 e. The van der Waals surface area contributed by atoms with E-state index in [1.165, 1.54) is 6.08 Å². The summed E-state index contributed by atoms with van der Waals surface area (Å²) < 4.78 is 22.6. The van der Waals surface area contributed by atoms with Gasteiger partial charge in [-0.1, -0.05) is 66.7 Å². The van der Waals surface area contributed by atoms with Crippen molar-refractivity contribution < 1.29 is 28.7 Å². The quantitative estimate of drug-likeness (QED) is 0.228. The van der Waals surface area contributed by atoms with E-state index in [-0.39, 0.29) is 13.2 Å². The van der Waals surface area contributed by atoms with Gasteiger partial charge in [0.1, 0.15) is 12.2 Å². The molecule has 0 N–H and O–H groups in total. The van der Waals surface area contributed by atoms with Crippen molar-refractivity contribution in [1.29, 1.82) is 0 Å². The van der Waals surface area contributed by atoms with Crippen LogP contribution in [-0.4, -0.2) is 48.5 Å². The van der Waals surface area contributed by atoms with Crippen LogP contribution in [0.15, 0.2) is 72.8 Å². The maximum Gasteiger partial charge on any atom is 0.384 e. The summed E-state index contributed by atoms with van der Waals surface area (Å²) in [6.07, 6.45) is 0.994. The summed E-state index contributed by atoms with van der Waals surface area (Å²) >= 11 is 0. The highest BCUT2D eigenvalue weighted by atomic mass is 16.6. The van der Waals surface area contributed by atoms with Gasteiger partial charge in [-0.3, -0.25) is 10.1 Å². The molecule has 1 aliphatic rings. The predicted molar refractivity (Wildman–Crippen MR) is 116 cm³/mol. The molecule has 0 saturated carbocycles. The average Bonchev–Trinajstić information content (AvgIpc) is 2.80. The van der Waals surface area contributed by atoms with Gasteiger partial charge in [0, 0.05) is 4.92 Å². The largest absolute Gasteiger partial charge is 0.461 e. The third-order valence-electron chi connectivity index (χ3n) is 4.93. The summed E-state index contributed by atoms with van der Waals surface area (Å²) in [6, 6.07) is 17.6. The molecule has 0 spiro atoms. The molecule has 0 aromatic heterocycles.